The zero-order valence-electron chi connectivity index (χ0n) is 11.2. The number of unbranched alkanes of at least 4 members (excludes halogenated alkanes) is 1. The van der Waals surface area contributed by atoms with E-state index in [0.29, 0.717) is 24.9 Å². The van der Waals surface area contributed by atoms with Crippen molar-refractivity contribution in [2.24, 2.45) is 0 Å². The van der Waals surface area contributed by atoms with Crippen molar-refractivity contribution in [1.29, 1.82) is 0 Å². The summed E-state index contributed by atoms with van der Waals surface area (Å²) < 4.78 is 18.9. The van der Waals surface area contributed by atoms with Crippen molar-refractivity contribution < 1.29 is 9.13 Å². The molecule has 0 unspecified atom stereocenters. The maximum Gasteiger partial charge on any atom is 0.127 e. The van der Waals surface area contributed by atoms with Gasteiger partial charge in [0.2, 0.25) is 0 Å². The van der Waals surface area contributed by atoms with Crippen molar-refractivity contribution >= 4 is 0 Å². The first kappa shape index (κ1) is 14.7. The van der Waals surface area contributed by atoms with Crippen LogP contribution in [-0.2, 0) is 6.54 Å². The molecule has 3 heteroatoms. The maximum atomic E-state index is 13.4. The van der Waals surface area contributed by atoms with Crippen molar-refractivity contribution in [3.05, 3.63) is 42.2 Å². The first-order valence-corrected chi connectivity index (χ1v) is 6.38. The minimum atomic E-state index is -0.253. The Morgan fingerprint density at radius 1 is 1.39 bits per heavy atom. The molecule has 100 valence electrons. The molecule has 1 aromatic rings. The van der Waals surface area contributed by atoms with Crippen LogP contribution in [0.2, 0.25) is 0 Å². The van der Waals surface area contributed by atoms with Crippen LogP contribution in [-0.4, -0.2) is 12.6 Å². The van der Waals surface area contributed by atoms with Gasteiger partial charge < -0.3 is 10.1 Å². The van der Waals surface area contributed by atoms with E-state index in [1.807, 2.05) is 12.1 Å². The highest BCUT2D eigenvalue weighted by molar-refractivity contribution is 5.29. The highest BCUT2D eigenvalue weighted by Crippen LogP contribution is 2.17. The molecule has 0 fully saturated rings. The zero-order valence-corrected chi connectivity index (χ0v) is 11.2. The largest absolute Gasteiger partial charge is 0.493 e. The standard InChI is InChI=1S/C15H22FNO/c1-4-5-6-7-18-15-9-13(8-14(16)10-15)11-17-12(2)3/h4,8-10,12,17H,1,5-7,11H2,2-3H3. The van der Waals surface area contributed by atoms with E-state index >= 15 is 0 Å². The third-order valence-corrected chi connectivity index (χ3v) is 2.47. The second kappa shape index (κ2) is 7.88. The Hall–Kier alpha value is -1.35. The molecule has 0 atom stereocenters. The summed E-state index contributed by atoms with van der Waals surface area (Å²) in [4.78, 5) is 0. The Morgan fingerprint density at radius 2 is 2.17 bits per heavy atom. The minimum Gasteiger partial charge on any atom is -0.493 e. The molecule has 0 aliphatic carbocycles. The number of rotatable bonds is 8. The van der Waals surface area contributed by atoms with Gasteiger partial charge in [-0.2, -0.15) is 0 Å². The van der Waals surface area contributed by atoms with Crippen LogP contribution in [0.15, 0.2) is 30.9 Å². The van der Waals surface area contributed by atoms with Crippen molar-refractivity contribution in [2.45, 2.75) is 39.3 Å². The summed E-state index contributed by atoms with van der Waals surface area (Å²) in [6.07, 6.45) is 3.67. The molecule has 1 N–H and O–H groups in total. The number of allylic oxidation sites excluding steroid dienone is 1. The van der Waals surface area contributed by atoms with E-state index in [9.17, 15) is 4.39 Å². The Morgan fingerprint density at radius 3 is 2.83 bits per heavy atom. The summed E-state index contributed by atoms with van der Waals surface area (Å²) in [5.74, 6) is 0.344. The second-order valence-corrected chi connectivity index (χ2v) is 4.61. The van der Waals surface area contributed by atoms with Crippen LogP contribution in [0.5, 0.6) is 5.75 Å². The first-order chi connectivity index (χ1) is 8.61. The van der Waals surface area contributed by atoms with Gasteiger partial charge in [0.05, 0.1) is 6.61 Å². The Kier molecular flexibility index (Phi) is 6.44. The van der Waals surface area contributed by atoms with Crippen LogP contribution in [0.3, 0.4) is 0 Å². The van der Waals surface area contributed by atoms with Gasteiger partial charge in [-0.3, -0.25) is 0 Å². The lowest BCUT2D eigenvalue weighted by atomic mass is 10.2. The summed E-state index contributed by atoms with van der Waals surface area (Å²) in [7, 11) is 0. The van der Waals surface area contributed by atoms with Gasteiger partial charge in [-0.25, -0.2) is 4.39 Å². The molecule has 1 aromatic carbocycles. The highest BCUT2D eigenvalue weighted by atomic mass is 19.1. The van der Waals surface area contributed by atoms with E-state index in [-0.39, 0.29) is 5.82 Å². The molecular weight excluding hydrogens is 229 g/mol. The number of halogens is 1. The van der Waals surface area contributed by atoms with E-state index in [1.165, 1.54) is 12.1 Å². The molecule has 0 spiro atoms. The first-order valence-electron chi connectivity index (χ1n) is 6.38. The molecule has 0 heterocycles. The number of benzene rings is 1. The molecule has 1 rings (SSSR count). The quantitative estimate of drug-likeness (QED) is 0.562. The van der Waals surface area contributed by atoms with Gasteiger partial charge in [-0.15, -0.1) is 6.58 Å². The molecule has 0 bridgehead atoms. The minimum absolute atomic E-state index is 0.253. The van der Waals surface area contributed by atoms with Gasteiger partial charge in [-0.05, 0) is 30.5 Å². The van der Waals surface area contributed by atoms with E-state index in [1.54, 1.807) is 0 Å². The predicted octanol–water partition coefficient (Wildman–Crippen LogP) is 3.67. The van der Waals surface area contributed by atoms with Gasteiger partial charge in [0, 0.05) is 18.7 Å². The van der Waals surface area contributed by atoms with Gasteiger partial charge >= 0.3 is 0 Å². The molecule has 2 nitrogen and oxygen atoms in total. The lowest BCUT2D eigenvalue weighted by Gasteiger charge is -2.11. The van der Waals surface area contributed by atoms with Crippen LogP contribution in [0.4, 0.5) is 4.39 Å². The van der Waals surface area contributed by atoms with E-state index in [2.05, 4.69) is 25.7 Å². The lowest BCUT2D eigenvalue weighted by Crippen LogP contribution is -2.21. The summed E-state index contributed by atoms with van der Waals surface area (Å²) in [5.41, 5.74) is 0.905. The number of nitrogens with one attached hydrogen (secondary N) is 1. The molecule has 0 aliphatic heterocycles. The molecule has 0 saturated carbocycles. The SMILES string of the molecule is C=CCCCOc1cc(F)cc(CNC(C)C)c1. The van der Waals surface area contributed by atoms with Gasteiger partial charge in [0.1, 0.15) is 11.6 Å². The smallest absolute Gasteiger partial charge is 0.127 e. The summed E-state index contributed by atoms with van der Waals surface area (Å²) in [6.45, 7) is 9.01. The fraction of sp³-hybridized carbons (Fsp3) is 0.467. The zero-order chi connectivity index (χ0) is 13.4. The number of hydrogen-bond acceptors (Lipinski definition) is 2. The maximum absolute atomic E-state index is 13.4. The summed E-state index contributed by atoms with van der Waals surface area (Å²) in [5, 5.41) is 3.26. The van der Waals surface area contributed by atoms with Gasteiger partial charge in [0.15, 0.2) is 0 Å². The third-order valence-electron chi connectivity index (χ3n) is 2.47. The fourth-order valence-corrected chi connectivity index (χ4v) is 1.55. The molecule has 0 amide bonds. The van der Waals surface area contributed by atoms with Crippen molar-refractivity contribution in [1.82, 2.24) is 5.32 Å². The fourth-order valence-electron chi connectivity index (χ4n) is 1.55. The normalized spacial score (nSPS) is 10.7. The molecule has 0 aromatic heterocycles. The topological polar surface area (TPSA) is 21.3 Å². The van der Waals surface area contributed by atoms with Crippen LogP contribution in [0, 0.1) is 5.82 Å². The van der Waals surface area contributed by atoms with Crippen LogP contribution >= 0.6 is 0 Å². The van der Waals surface area contributed by atoms with Gasteiger partial charge in [-0.1, -0.05) is 19.9 Å². The monoisotopic (exact) mass is 251 g/mol. The van der Waals surface area contributed by atoms with Crippen molar-refractivity contribution in [3.63, 3.8) is 0 Å². The Bertz CT molecular complexity index is 377. The van der Waals surface area contributed by atoms with Gasteiger partial charge in [0.25, 0.3) is 0 Å². The summed E-state index contributed by atoms with van der Waals surface area (Å²) >= 11 is 0. The van der Waals surface area contributed by atoms with Crippen molar-refractivity contribution in [2.75, 3.05) is 6.61 Å². The lowest BCUT2D eigenvalue weighted by molar-refractivity contribution is 0.310. The Balaban J connectivity index is 2.54. The summed E-state index contributed by atoms with van der Waals surface area (Å²) in [6, 6.07) is 5.22. The predicted molar refractivity (Wildman–Crippen MR) is 73.3 cm³/mol. The molecule has 18 heavy (non-hydrogen) atoms. The average molecular weight is 251 g/mol. The van der Waals surface area contributed by atoms with E-state index in [4.69, 9.17) is 4.74 Å². The molecule has 0 radical (unpaired) electrons. The molecule has 0 saturated heterocycles. The molecule has 0 aliphatic rings. The van der Waals surface area contributed by atoms with Crippen LogP contribution in [0.25, 0.3) is 0 Å². The number of ether oxygens (including phenoxy) is 1. The molecular formula is C15H22FNO. The highest BCUT2D eigenvalue weighted by Gasteiger charge is 2.02. The van der Waals surface area contributed by atoms with Crippen LogP contribution < -0.4 is 10.1 Å². The van der Waals surface area contributed by atoms with E-state index in [0.717, 1.165) is 18.4 Å². The second-order valence-electron chi connectivity index (χ2n) is 4.61. The number of hydrogen-bond donors (Lipinski definition) is 1. The van der Waals surface area contributed by atoms with Crippen LogP contribution in [0.1, 0.15) is 32.3 Å². The average Bonchev–Trinajstić information content (AvgIpc) is 2.32. The van der Waals surface area contributed by atoms with Crippen molar-refractivity contribution in [3.8, 4) is 5.75 Å². The third kappa shape index (κ3) is 5.82. The Labute approximate surface area is 109 Å². The van der Waals surface area contributed by atoms with E-state index < -0.39 is 0 Å².